The third kappa shape index (κ3) is 2.43. The van der Waals surface area contributed by atoms with E-state index in [9.17, 15) is 8.42 Å². The quantitative estimate of drug-likeness (QED) is 0.613. The molecule has 0 radical (unpaired) electrons. The first-order valence-electron chi connectivity index (χ1n) is 3.98. The maximum atomic E-state index is 10.9. The fourth-order valence-corrected chi connectivity index (χ4v) is 1.46. The molecule has 0 saturated carbocycles. The monoisotopic (exact) mass is 194 g/mol. The first kappa shape index (κ1) is 9.95. The molecule has 1 fully saturated rings. The van der Waals surface area contributed by atoms with Crippen LogP contribution in [0.3, 0.4) is 0 Å². The predicted octanol–water partition coefficient (Wildman–Crippen LogP) is 0.532. The number of hydrogen-bond donors (Lipinski definition) is 0. The molecule has 1 unspecified atom stereocenters. The predicted molar refractivity (Wildman–Crippen MR) is 44.4 cm³/mol. The number of rotatable bonds is 4. The fraction of sp³-hybridized carbons (Fsp3) is 1.00. The van der Waals surface area contributed by atoms with Crippen LogP contribution in [0.2, 0.25) is 0 Å². The highest BCUT2D eigenvalue weighted by Crippen LogP contribution is 2.26. The van der Waals surface area contributed by atoms with Gasteiger partial charge in [-0.05, 0) is 13.8 Å². The highest BCUT2D eigenvalue weighted by atomic mass is 32.2. The summed E-state index contributed by atoms with van der Waals surface area (Å²) in [5, 5.41) is 0. The summed E-state index contributed by atoms with van der Waals surface area (Å²) in [5.41, 5.74) is -0.373. The van der Waals surface area contributed by atoms with Crippen LogP contribution >= 0.6 is 0 Å². The average Bonchev–Trinajstić information content (AvgIpc) is 1.98. The lowest BCUT2D eigenvalue weighted by molar-refractivity contribution is -0.151. The van der Waals surface area contributed by atoms with Gasteiger partial charge in [-0.15, -0.1) is 0 Å². The summed E-state index contributed by atoms with van der Waals surface area (Å²) in [7, 11) is -3.31. The normalized spacial score (nSPS) is 29.8. The van der Waals surface area contributed by atoms with Crippen molar-refractivity contribution >= 4 is 10.1 Å². The Kier molecular flexibility index (Phi) is 2.75. The van der Waals surface area contributed by atoms with E-state index in [1.165, 1.54) is 0 Å². The summed E-state index contributed by atoms with van der Waals surface area (Å²) >= 11 is 0. The van der Waals surface area contributed by atoms with Crippen LogP contribution in [0, 0.1) is 0 Å². The van der Waals surface area contributed by atoms with E-state index in [2.05, 4.69) is 0 Å². The summed E-state index contributed by atoms with van der Waals surface area (Å²) in [6.07, 6.45) is 0.867. The van der Waals surface area contributed by atoms with Gasteiger partial charge < -0.3 is 4.74 Å². The van der Waals surface area contributed by atoms with E-state index in [1.807, 2.05) is 6.92 Å². The van der Waals surface area contributed by atoms with Crippen molar-refractivity contribution in [2.45, 2.75) is 25.9 Å². The molecule has 1 atom stereocenters. The van der Waals surface area contributed by atoms with Crippen molar-refractivity contribution in [3.05, 3.63) is 0 Å². The van der Waals surface area contributed by atoms with Gasteiger partial charge in [0.05, 0.1) is 24.6 Å². The molecule has 0 N–H and O–H groups in total. The average molecular weight is 194 g/mol. The molecule has 1 aliphatic heterocycles. The van der Waals surface area contributed by atoms with E-state index in [1.54, 1.807) is 6.92 Å². The van der Waals surface area contributed by atoms with Crippen molar-refractivity contribution < 1.29 is 17.3 Å². The number of ether oxygens (including phenoxy) is 1. The third-order valence-corrected chi connectivity index (χ3v) is 3.16. The second-order valence-corrected chi connectivity index (χ2v) is 5.09. The molecule has 12 heavy (non-hydrogen) atoms. The summed E-state index contributed by atoms with van der Waals surface area (Å²) in [6.45, 7) is 4.25. The highest BCUT2D eigenvalue weighted by Gasteiger charge is 2.34. The Bertz CT molecular complexity index is 240. The van der Waals surface area contributed by atoms with Crippen LogP contribution in [0.15, 0.2) is 0 Å². The van der Waals surface area contributed by atoms with Crippen LogP contribution in [0.25, 0.3) is 0 Å². The van der Waals surface area contributed by atoms with Crippen LogP contribution in [0.4, 0.5) is 0 Å². The largest absolute Gasteiger partial charge is 0.373 e. The molecule has 1 rings (SSSR count). The summed E-state index contributed by atoms with van der Waals surface area (Å²) < 4.78 is 31.7. The lowest BCUT2D eigenvalue weighted by Crippen LogP contribution is -2.45. The molecule has 72 valence electrons. The molecule has 0 aliphatic carbocycles. The molecular formula is C7H14O4S. The first-order valence-corrected chi connectivity index (χ1v) is 5.56. The van der Waals surface area contributed by atoms with Crippen LogP contribution in [-0.2, 0) is 19.0 Å². The minimum absolute atomic E-state index is 0.0169. The molecule has 1 aliphatic rings. The minimum Gasteiger partial charge on any atom is -0.373 e. The molecule has 5 heteroatoms. The Labute approximate surface area is 73.0 Å². The van der Waals surface area contributed by atoms with E-state index in [-0.39, 0.29) is 18.0 Å². The van der Waals surface area contributed by atoms with Gasteiger partial charge in [0.2, 0.25) is 0 Å². The van der Waals surface area contributed by atoms with E-state index >= 15 is 0 Å². The van der Waals surface area contributed by atoms with E-state index in [0.717, 1.165) is 6.42 Å². The second-order valence-electron chi connectivity index (χ2n) is 3.16. The van der Waals surface area contributed by atoms with Crippen molar-refractivity contribution in [3.8, 4) is 0 Å². The van der Waals surface area contributed by atoms with Crippen LogP contribution in [0.5, 0.6) is 0 Å². The Morgan fingerprint density at radius 1 is 1.58 bits per heavy atom. The zero-order valence-corrected chi connectivity index (χ0v) is 8.19. The molecule has 0 aromatic rings. The topological polar surface area (TPSA) is 52.6 Å². The first-order chi connectivity index (χ1) is 5.47. The Morgan fingerprint density at radius 2 is 2.17 bits per heavy atom. The Hall–Kier alpha value is -0.130. The van der Waals surface area contributed by atoms with Gasteiger partial charge in [-0.1, -0.05) is 0 Å². The molecular weight excluding hydrogens is 180 g/mol. The molecule has 0 bridgehead atoms. The Morgan fingerprint density at radius 3 is 2.50 bits per heavy atom. The zero-order valence-electron chi connectivity index (χ0n) is 7.37. The summed E-state index contributed by atoms with van der Waals surface area (Å²) in [5.74, 6) is 0.0169. The molecule has 4 nitrogen and oxygen atoms in total. The summed E-state index contributed by atoms with van der Waals surface area (Å²) in [4.78, 5) is 0. The van der Waals surface area contributed by atoms with Gasteiger partial charge in [-0.2, -0.15) is 8.42 Å². The molecule has 1 saturated heterocycles. The van der Waals surface area contributed by atoms with Crippen molar-refractivity contribution in [2.24, 2.45) is 0 Å². The van der Waals surface area contributed by atoms with Gasteiger partial charge in [0.15, 0.2) is 0 Å². The van der Waals surface area contributed by atoms with Gasteiger partial charge in [0, 0.05) is 6.42 Å². The molecule has 1 heterocycles. The smallest absolute Gasteiger partial charge is 0.267 e. The van der Waals surface area contributed by atoms with Crippen molar-refractivity contribution in [1.82, 2.24) is 0 Å². The van der Waals surface area contributed by atoms with E-state index in [0.29, 0.717) is 6.61 Å². The van der Waals surface area contributed by atoms with E-state index < -0.39 is 10.1 Å². The summed E-state index contributed by atoms with van der Waals surface area (Å²) in [6, 6.07) is 0. The highest BCUT2D eigenvalue weighted by molar-refractivity contribution is 7.86. The van der Waals surface area contributed by atoms with Gasteiger partial charge in [0.1, 0.15) is 0 Å². The van der Waals surface area contributed by atoms with Crippen LogP contribution in [0.1, 0.15) is 20.3 Å². The van der Waals surface area contributed by atoms with Gasteiger partial charge in [0.25, 0.3) is 10.1 Å². The van der Waals surface area contributed by atoms with Crippen molar-refractivity contribution in [3.63, 3.8) is 0 Å². The SMILES string of the molecule is CCS(=O)(=O)OCC1(C)CCO1. The second kappa shape index (κ2) is 3.32. The van der Waals surface area contributed by atoms with Gasteiger partial charge >= 0.3 is 0 Å². The number of hydrogen-bond acceptors (Lipinski definition) is 4. The third-order valence-electron chi connectivity index (χ3n) is 1.98. The van der Waals surface area contributed by atoms with Gasteiger partial charge in [-0.3, -0.25) is 4.18 Å². The maximum absolute atomic E-state index is 10.9. The van der Waals surface area contributed by atoms with Crippen LogP contribution < -0.4 is 0 Å². The molecule has 0 aromatic heterocycles. The maximum Gasteiger partial charge on any atom is 0.267 e. The lowest BCUT2D eigenvalue weighted by Gasteiger charge is -2.37. The molecule has 0 amide bonds. The van der Waals surface area contributed by atoms with Gasteiger partial charge in [-0.25, -0.2) is 0 Å². The van der Waals surface area contributed by atoms with Crippen molar-refractivity contribution in [1.29, 1.82) is 0 Å². The van der Waals surface area contributed by atoms with E-state index in [4.69, 9.17) is 8.92 Å². The zero-order chi connectivity index (χ0) is 9.24. The standard InChI is InChI=1S/C7H14O4S/c1-3-12(8,9)11-6-7(2)4-5-10-7/h3-6H2,1-2H3. The Balaban J connectivity index is 2.35. The molecule has 0 aromatic carbocycles. The minimum atomic E-state index is -3.31. The van der Waals surface area contributed by atoms with Crippen LogP contribution in [-0.4, -0.2) is 33.0 Å². The van der Waals surface area contributed by atoms with Crippen molar-refractivity contribution in [2.75, 3.05) is 19.0 Å². The fourth-order valence-electron chi connectivity index (χ4n) is 0.862. The molecule has 0 spiro atoms. The lowest BCUT2D eigenvalue weighted by atomic mass is 9.99.